The van der Waals surface area contributed by atoms with Crippen LogP contribution in [-0.2, 0) is 0 Å². The van der Waals surface area contributed by atoms with Crippen molar-refractivity contribution in [3.05, 3.63) is 157 Å². The third-order valence-corrected chi connectivity index (χ3v) is 5.50. The molecule has 5 aromatic carbocycles. The molecule has 0 saturated heterocycles. The summed E-state index contributed by atoms with van der Waals surface area (Å²) in [5.41, 5.74) is 5.69. The van der Waals surface area contributed by atoms with Gasteiger partial charge in [-0.15, -0.1) is 0 Å². The van der Waals surface area contributed by atoms with Gasteiger partial charge >= 0.3 is 0 Å². The minimum Gasteiger partial charge on any atom is -0.340 e. The molecule has 0 spiro atoms. The number of hydrogen-bond donors (Lipinski definition) is 2. The molecule has 36 heavy (non-hydrogen) atoms. The van der Waals surface area contributed by atoms with E-state index in [1.54, 1.807) is 0 Å². The van der Waals surface area contributed by atoms with E-state index in [2.05, 4.69) is 34.9 Å². The number of amidine groups is 2. The predicted octanol–water partition coefficient (Wildman–Crippen LogP) is 8.07. The summed E-state index contributed by atoms with van der Waals surface area (Å²) in [4.78, 5) is 9.79. The van der Waals surface area contributed by atoms with Gasteiger partial charge in [0.15, 0.2) is 0 Å². The lowest BCUT2D eigenvalue weighted by Crippen LogP contribution is -2.16. The Hall–Kier alpha value is -4.96. The van der Waals surface area contributed by atoms with E-state index in [0.29, 0.717) is 0 Å². The quantitative estimate of drug-likeness (QED) is 0.196. The summed E-state index contributed by atoms with van der Waals surface area (Å²) in [5.74, 6) is 1.55. The third kappa shape index (κ3) is 6.13. The molecule has 0 radical (unpaired) electrons. The third-order valence-electron chi connectivity index (χ3n) is 5.50. The van der Waals surface area contributed by atoms with Gasteiger partial charge < -0.3 is 10.6 Å². The topological polar surface area (TPSA) is 48.8 Å². The average Bonchev–Trinajstić information content (AvgIpc) is 2.95. The van der Waals surface area contributed by atoms with E-state index in [1.807, 2.05) is 121 Å². The van der Waals surface area contributed by atoms with E-state index < -0.39 is 0 Å². The number of benzene rings is 5. The van der Waals surface area contributed by atoms with Gasteiger partial charge in [-0.05, 0) is 48.5 Å². The van der Waals surface area contributed by atoms with E-state index in [0.717, 1.165) is 45.5 Å². The van der Waals surface area contributed by atoms with Crippen LogP contribution in [0.4, 0.5) is 22.7 Å². The average molecular weight is 467 g/mol. The van der Waals surface area contributed by atoms with Crippen LogP contribution in [-0.4, -0.2) is 11.7 Å². The van der Waals surface area contributed by atoms with Gasteiger partial charge in [-0.25, -0.2) is 9.98 Å². The van der Waals surface area contributed by atoms with Gasteiger partial charge in [0.25, 0.3) is 0 Å². The number of nitrogens with one attached hydrogen (secondary N) is 2. The molecule has 5 rings (SSSR count). The summed E-state index contributed by atoms with van der Waals surface area (Å²) in [7, 11) is 0. The Bertz CT molecular complexity index is 1310. The highest BCUT2D eigenvalue weighted by Gasteiger charge is 2.09. The van der Waals surface area contributed by atoms with Crippen LogP contribution in [0.3, 0.4) is 0 Å². The number of rotatable bonds is 6. The van der Waals surface area contributed by atoms with Crippen LogP contribution >= 0.6 is 0 Å². The van der Waals surface area contributed by atoms with Gasteiger partial charge in [-0.1, -0.05) is 97.1 Å². The summed E-state index contributed by atoms with van der Waals surface area (Å²) in [5, 5.41) is 6.95. The fraction of sp³-hybridized carbons (Fsp3) is 0. The second-order valence-corrected chi connectivity index (χ2v) is 8.15. The van der Waals surface area contributed by atoms with E-state index in [4.69, 9.17) is 9.98 Å². The zero-order valence-electron chi connectivity index (χ0n) is 19.8. The van der Waals surface area contributed by atoms with Gasteiger partial charge in [0.1, 0.15) is 11.7 Å². The second-order valence-electron chi connectivity index (χ2n) is 8.15. The van der Waals surface area contributed by atoms with Gasteiger partial charge in [0, 0.05) is 22.5 Å². The fourth-order valence-electron chi connectivity index (χ4n) is 3.69. The van der Waals surface area contributed by atoms with Gasteiger partial charge in [-0.2, -0.15) is 0 Å². The molecular formula is C32H26N4. The lowest BCUT2D eigenvalue weighted by atomic mass is 10.1. The maximum atomic E-state index is 4.89. The zero-order valence-corrected chi connectivity index (χ0v) is 19.8. The van der Waals surface area contributed by atoms with Crippen LogP contribution in [0.15, 0.2) is 156 Å². The van der Waals surface area contributed by atoms with Crippen molar-refractivity contribution in [2.45, 2.75) is 0 Å². The van der Waals surface area contributed by atoms with Crippen molar-refractivity contribution in [3.8, 4) is 0 Å². The fourth-order valence-corrected chi connectivity index (χ4v) is 3.69. The summed E-state index contributed by atoms with van der Waals surface area (Å²) < 4.78 is 0. The first kappa shape index (κ1) is 22.8. The van der Waals surface area contributed by atoms with Gasteiger partial charge in [0.2, 0.25) is 0 Å². The molecule has 4 nitrogen and oxygen atoms in total. The summed E-state index contributed by atoms with van der Waals surface area (Å²) >= 11 is 0. The molecule has 0 aromatic heterocycles. The SMILES string of the molecule is c1ccc(N=C(Nc2ccccc2)c2ccc(C(=Nc3ccccc3)Nc3ccccc3)cc2)cc1. The minimum atomic E-state index is 0.775. The monoisotopic (exact) mass is 466 g/mol. The van der Waals surface area contributed by atoms with Crippen LogP contribution in [0.2, 0.25) is 0 Å². The van der Waals surface area contributed by atoms with Crippen molar-refractivity contribution in [1.82, 2.24) is 0 Å². The van der Waals surface area contributed by atoms with E-state index >= 15 is 0 Å². The number of hydrogen-bond acceptors (Lipinski definition) is 2. The molecule has 0 fully saturated rings. The first-order chi connectivity index (χ1) is 17.8. The van der Waals surface area contributed by atoms with Gasteiger partial charge in [-0.3, -0.25) is 0 Å². The lowest BCUT2D eigenvalue weighted by Gasteiger charge is -2.13. The van der Waals surface area contributed by atoms with E-state index in [9.17, 15) is 0 Å². The number of para-hydroxylation sites is 4. The number of nitrogens with zero attached hydrogens (tertiary/aromatic N) is 2. The first-order valence-electron chi connectivity index (χ1n) is 11.9. The van der Waals surface area contributed by atoms with Gasteiger partial charge in [0.05, 0.1) is 11.4 Å². The number of anilines is 2. The maximum absolute atomic E-state index is 4.89. The first-order valence-corrected chi connectivity index (χ1v) is 11.9. The van der Waals surface area contributed by atoms with Crippen LogP contribution in [0.1, 0.15) is 11.1 Å². The summed E-state index contributed by atoms with van der Waals surface area (Å²) in [6.07, 6.45) is 0. The molecule has 0 atom stereocenters. The molecule has 0 saturated carbocycles. The van der Waals surface area contributed by atoms with E-state index in [-0.39, 0.29) is 0 Å². The Morgan fingerprint density at radius 2 is 0.667 bits per heavy atom. The van der Waals surface area contributed by atoms with Crippen LogP contribution in [0.25, 0.3) is 0 Å². The second kappa shape index (κ2) is 11.4. The van der Waals surface area contributed by atoms with Crippen molar-refractivity contribution >= 4 is 34.4 Å². The smallest absolute Gasteiger partial charge is 0.138 e. The van der Waals surface area contributed by atoms with Crippen LogP contribution < -0.4 is 10.6 Å². The van der Waals surface area contributed by atoms with Crippen molar-refractivity contribution in [1.29, 1.82) is 0 Å². The number of aliphatic imine (C=N–C) groups is 2. The molecule has 0 bridgehead atoms. The molecular weight excluding hydrogens is 440 g/mol. The highest BCUT2D eigenvalue weighted by molar-refractivity contribution is 6.12. The van der Waals surface area contributed by atoms with Crippen molar-refractivity contribution < 1.29 is 0 Å². The molecule has 0 aliphatic heterocycles. The Labute approximate surface area is 211 Å². The largest absolute Gasteiger partial charge is 0.340 e. The molecule has 0 aliphatic carbocycles. The highest BCUT2D eigenvalue weighted by atomic mass is 15.0. The molecule has 2 N–H and O–H groups in total. The van der Waals surface area contributed by atoms with Crippen molar-refractivity contribution in [2.24, 2.45) is 9.98 Å². The van der Waals surface area contributed by atoms with E-state index in [1.165, 1.54) is 0 Å². The predicted molar refractivity (Wildman–Crippen MR) is 152 cm³/mol. The standard InChI is InChI=1S/C32H26N4/c1-5-13-27(14-6-1)33-31(34-28-15-7-2-8-16-28)25-21-23-26(24-22-25)32(35-29-17-9-3-10-18-29)36-30-19-11-4-12-20-30/h1-24H,(H,33,34)(H,35,36). The Morgan fingerprint density at radius 3 is 1.00 bits per heavy atom. The molecule has 174 valence electrons. The molecule has 5 aromatic rings. The zero-order chi connectivity index (χ0) is 24.4. The maximum Gasteiger partial charge on any atom is 0.138 e. The minimum absolute atomic E-state index is 0.775. The van der Waals surface area contributed by atoms with Crippen molar-refractivity contribution in [2.75, 3.05) is 10.6 Å². The Kier molecular flexibility index (Phi) is 7.26. The summed E-state index contributed by atoms with van der Waals surface area (Å²) in [6.45, 7) is 0. The van der Waals surface area contributed by atoms with Crippen LogP contribution in [0, 0.1) is 0 Å². The Morgan fingerprint density at radius 1 is 0.361 bits per heavy atom. The molecule has 0 amide bonds. The molecule has 0 aliphatic rings. The molecule has 4 heteroatoms. The summed E-state index contributed by atoms with van der Waals surface area (Å²) in [6, 6.07) is 48.4. The van der Waals surface area contributed by atoms with Crippen LogP contribution in [0.5, 0.6) is 0 Å². The Balaban J connectivity index is 1.49. The normalized spacial score (nSPS) is 11.7. The molecule has 0 heterocycles. The molecule has 0 unspecified atom stereocenters. The highest BCUT2D eigenvalue weighted by Crippen LogP contribution is 2.19. The van der Waals surface area contributed by atoms with Crippen molar-refractivity contribution in [3.63, 3.8) is 0 Å². The lowest BCUT2D eigenvalue weighted by molar-refractivity contribution is 1.44.